The molecule has 0 bridgehead atoms. The number of anilines is 1. The summed E-state index contributed by atoms with van der Waals surface area (Å²) in [6.07, 6.45) is 6.54. The molecule has 0 unspecified atom stereocenters. The van der Waals surface area contributed by atoms with Gasteiger partial charge in [0, 0.05) is 42.5 Å². The van der Waals surface area contributed by atoms with E-state index in [2.05, 4.69) is 34.4 Å². The van der Waals surface area contributed by atoms with E-state index < -0.39 is 17.6 Å². The zero-order valence-electron chi connectivity index (χ0n) is 26.8. The van der Waals surface area contributed by atoms with Gasteiger partial charge in [-0.25, -0.2) is 4.39 Å². The Bertz CT molecular complexity index is 1580. The molecule has 244 valence electrons. The number of hydrogen-bond donors (Lipinski definition) is 2. The average molecular weight is 631 g/mol. The first-order chi connectivity index (χ1) is 22.4. The molecule has 0 saturated carbocycles. The second-order valence-corrected chi connectivity index (χ2v) is 10.9. The molecule has 9 nitrogen and oxygen atoms in total. The van der Waals surface area contributed by atoms with Crippen LogP contribution in [0.2, 0.25) is 0 Å². The highest BCUT2D eigenvalue weighted by Crippen LogP contribution is 2.38. The van der Waals surface area contributed by atoms with Crippen LogP contribution < -0.4 is 24.8 Å². The summed E-state index contributed by atoms with van der Waals surface area (Å²) in [6, 6.07) is 18.7. The van der Waals surface area contributed by atoms with Crippen molar-refractivity contribution in [3.8, 4) is 23.0 Å². The fourth-order valence-electron chi connectivity index (χ4n) is 5.01. The molecule has 2 amide bonds. The summed E-state index contributed by atoms with van der Waals surface area (Å²) in [4.78, 5) is 31.5. The van der Waals surface area contributed by atoms with Crippen molar-refractivity contribution < 1.29 is 28.2 Å². The molecule has 0 aliphatic rings. The maximum Gasteiger partial charge on any atom is 0.313 e. The van der Waals surface area contributed by atoms with Gasteiger partial charge in [-0.15, -0.1) is 0 Å². The first-order valence-corrected chi connectivity index (χ1v) is 15.8. The van der Waals surface area contributed by atoms with Gasteiger partial charge in [-0.05, 0) is 68.6 Å². The quantitative estimate of drug-likeness (QED) is 0.0983. The number of nitrogens with zero attached hydrogens (tertiary/aromatic N) is 2. The summed E-state index contributed by atoms with van der Waals surface area (Å²) in [5.74, 6) is -1.00. The summed E-state index contributed by atoms with van der Waals surface area (Å²) in [7, 11) is 1.56. The number of ether oxygens (including phenoxy) is 3. The largest absolute Gasteiger partial charge is 0.493 e. The second kappa shape index (κ2) is 17.7. The van der Waals surface area contributed by atoms with E-state index in [0.717, 1.165) is 44.1 Å². The van der Waals surface area contributed by atoms with Crippen molar-refractivity contribution in [1.82, 2.24) is 15.2 Å². The molecule has 4 rings (SSSR count). The number of unbranched alkanes of at least 4 members (excludes halogenated alkanes) is 1. The van der Waals surface area contributed by atoms with Crippen molar-refractivity contribution in [3.63, 3.8) is 0 Å². The Morgan fingerprint density at radius 1 is 0.848 bits per heavy atom. The smallest absolute Gasteiger partial charge is 0.313 e. The number of aromatic nitrogens is 1. The highest BCUT2D eigenvalue weighted by molar-refractivity contribution is 6.39. The third-order valence-electron chi connectivity index (χ3n) is 7.39. The van der Waals surface area contributed by atoms with Crippen LogP contribution in [0.1, 0.15) is 45.1 Å². The van der Waals surface area contributed by atoms with Gasteiger partial charge in [-0.3, -0.25) is 14.6 Å². The van der Waals surface area contributed by atoms with E-state index in [-0.39, 0.29) is 11.4 Å². The molecule has 1 aromatic heterocycles. The van der Waals surface area contributed by atoms with Gasteiger partial charge >= 0.3 is 11.8 Å². The van der Waals surface area contributed by atoms with E-state index >= 15 is 4.39 Å². The fraction of sp³-hybridized carbons (Fsp3) is 0.361. The Morgan fingerprint density at radius 2 is 1.65 bits per heavy atom. The van der Waals surface area contributed by atoms with Gasteiger partial charge in [0.25, 0.3) is 0 Å². The minimum Gasteiger partial charge on any atom is -0.493 e. The molecule has 0 fully saturated rings. The van der Waals surface area contributed by atoms with Crippen molar-refractivity contribution in [3.05, 3.63) is 84.3 Å². The molecule has 1 heterocycles. The average Bonchev–Trinajstić information content (AvgIpc) is 3.06. The Balaban J connectivity index is 1.36. The number of rotatable bonds is 17. The molecule has 2 N–H and O–H groups in total. The Morgan fingerprint density at radius 3 is 2.39 bits per heavy atom. The highest BCUT2D eigenvalue weighted by Gasteiger charge is 2.17. The molecule has 0 radical (unpaired) electrons. The molecule has 3 aromatic carbocycles. The van der Waals surface area contributed by atoms with Crippen LogP contribution in [0, 0.1) is 5.82 Å². The lowest BCUT2D eigenvalue weighted by Gasteiger charge is -2.21. The first kappa shape index (κ1) is 34.2. The van der Waals surface area contributed by atoms with Crippen molar-refractivity contribution in [2.24, 2.45) is 0 Å². The van der Waals surface area contributed by atoms with Crippen molar-refractivity contribution >= 4 is 28.4 Å². The van der Waals surface area contributed by atoms with E-state index in [1.54, 1.807) is 31.5 Å². The molecule has 0 saturated heterocycles. The molecule has 0 aliphatic heterocycles. The van der Waals surface area contributed by atoms with Gasteiger partial charge in [-0.2, -0.15) is 0 Å². The zero-order valence-corrected chi connectivity index (χ0v) is 26.8. The summed E-state index contributed by atoms with van der Waals surface area (Å²) >= 11 is 0. The number of hydrogen-bond acceptors (Lipinski definition) is 7. The standard InChI is InChI=1S/C36H43FN4O5/c1-4-6-20-41(19-5-2)21-10-22-45-34-25-30-28(24-33(34)44-3)31(16-18-38-30)46-32-14-13-27(23-29(32)37)40-36(43)35(42)39-17-15-26-11-8-7-9-12-26/h7-9,11-14,16,18,23-25H,4-6,10,15,17,19-22H2,1-3H3,(H,39,42)(H,40,43). The Labute approximate surface area is 270 Å². The van der Waals surface area contributed by atoms with E-state index in [0.29, 0.717) is 47.7 Å². The van der Waals surface area contributed by atoms with Crippen LogP contribution in [0.3, 0.4) is 0 Å². The fourth-order valence-corrected chi connectivity index (χ4v) is 5.01. The van der Waals surface area contributed by atoms with Crippen LogP contribution in [0.4, 0.5) is 10.1 Å². The number of fused-ring (bicyclic) bond motifs is 1. The van der Waals surface area contributed by atoms with Gasteiger partial charge in [0.1, 0.15) is 5.75 Å². The molecular weight excluding hydrogens is 587 g/mol. The van der Waals surface area contributed by atoms with Gasteiger partial charge in [0.05, 0.1) is 19.2 Å². The lowest BCUT2D eigenvalue weighted by Crippen LogP contribution is -2.36. The second-order valence-electron chi connectivity index (χ2n) is 10.9. The van der Waals surface area contributed by atoms with Gasteiger partial charge in [0.15, 0.2) is 23.1 Å². The molecule has 4 aromatic rings. The number of nitrogens with one attached hydrogen (secondary N) is 2. The minimum absolute atomic E-state index is 0.0585. The van der Waals surface area contributed by atoms with Crippen LogP contribution in [-0.2, 0) is 16.0 Å². The van der Waals surface area contributed by atoms with E-state index in [4.69, 9.17) is 14.2 Å². The predicted molar refractivity (Wildman–Crippen MR) is 178 cm³/mol. The topological polar surface area (TPSA) is 102 Å². The number of pyridine rings is 1. The monoisotopic (exact) mass is 630 g/mol. The SMILES string of the molecule is CCCCN(CCC)CCCOc1cc2nccc(Oc3ccc(NC(=O)C(=O)NCCc4ccccc4)cc3F)c2cc1OC. The summed E-state index contributed by atoms with van der Waals surface area (Å²) in [5.41, 5.74) is 1.77. The molecular formula is C36H43FN4O5. The van der Waals surface area contributed by atoms with Crippen LogP contribution in [-0.4, -0.2) is 61.6 Å². The molecule has 0 atom stereocenters. The van der Waals surface area contributed by atoms with E-state index in [1.807, 2.05) is 30.3 Å². The van der Waals surface area contributed by atoms with E-state index in [1.165, 1.54) is 25.0 Å². The predicted octanol–water partition coefficient (Wildman–Crippen LogP) is 6.75. The van der Waals surface area contributed by atoms with Crippen molar-refractivity contribution in [1.29, 1.82) is 0 Å². The lowest BCUT2D eigenvalue weighted by atomic mass is 10.1. The Hall–Kier alpha value is -4.70. The van der Waals surface area contributed by atoms with Gasteiger partial charge in [0.2, 0.25) is 0 Å². The van der Waals surface area contributed by atoms with Crippen LogP contribution in [0.15, 0.2) is 72.9 Å². The first-order valence-electron chi connectivity index (χ1n) is 15.8. The number of benzene rings is 3. The maximum absolute atomic E-state index is 15.1. The summed E-state index contributed by atoms with van der Waals surface area (Å²) in [6.45, 7) is 8.38. The molecule has 46 heavy (non-hydrogen) atoms. The van der Waals surface area contributed by atoms with Crippen molar-refractivity contribution in [2.75, 3.05) is 45.2 Å². The molecule has 0 spiro atoms. The number of carbonyl (C=O) groups is 2. The Kier molecular flexibility index (Phi) is 13.2. The number of halogens is 1. The third kappa shape index (κ3) is 9.90. The van der Waals surface area contributed by atoms with Gasteiger partial charge in [-0.1, -0.05) is 50.6 Å². The third-order valence-corrected chi connectivity index (χ3v) is 7.39. The summed E-state index contributed by atoms with van der Waals surface area (Å²) < 4.78 is 32.7. The van der Waals surface area contributed by atoms with Crippen molar-refractivity contribution in [2.45, 2.75) is 46.0 Å². The summed E-state index contributed by atoms with van der Waals surface area (Å²) in [5, 5.41) is 5.61. The minimum atomic E-state index is -0.888. The lowest BCUT2D eigenvalue weighted by molar-refractivity contribution is -0.136. The molecule has 0 aliphatic carbocycles. The van der Waals surface area contributed by atoms with Crippen LogP contribution in [0.25, 0.3) is 10.9 Å². The van der Waals surface area contributed by atoms with Crippen LogP contribution >= 0.6 is 0 Å². The maximum atomic E-state index is 15.1. The van der Waals surface area contributed by atoms with Crippen LogP contribution in [0.5, 0.6) is 23.0 Å². The van der Waals surface area contributed by atoms with Gasteiger partial charge < -0.3 is 29.7 Å². The molecule has 10 heteroatoms. The number of methoxy groups -OCH3 is 1. The number of carbonyl (C=O) groups excluding carboxylic acids is 2. The van der Waals surface area contributed by atoms with E-state index in [9.17, 15) is 9.59 Å². The highest BCUT2D eigenvalue weighted by atomic mass is 19.1. The normalized spacial score (nSPS) is 11.0. The number of amides is 2. The zero-order chi connectivity index (χ0) is 32.7.